The molecule has 1 atom stereocenters. The van der Waals surface area contributed by atoms with Gasteiger partial charge in [-0.1, -0.05) is 11.8 Å². The van der Waals surface area contributed by atoms with Crippen molar-refractivity contribution in [3.8, 4) is 11.8 Å². The number of nitrogens with one attached hydrogen (secondary N) is 1. The Labute approximate surface area is 125 Å². The van der Waals surface area contributed by atoms with Crippen LogP contribution in [0.3, 0.4) is 0 Å². The van der Waals surface area contributed by atoms with Gasteiger partial charge < -0.3 is 15.3 Å². The minimum atomic E-state index is -0.597. The van der Waals surface area contributed by atoms with Crippen molar-refractivity contribution in [1.82, 2.24) is 10.2 Å². The lowest BCUT2D eigenvalue weighted by molar-refractivity contribution is -0.130. The van der Waals surface area contributed by atoms with Crippen molar-refractivity contribution in [2.75, 3.05) is 20.7 Å². The van der Waals surface area contributed by atoms with Gasteiger partial charge in [0.2, 0.25) is 5.91 Å². The molecule has 112 valence electrons. The smallest absolute Gasteiger partial charge is 0.251 e. The number of carbonyl (C=O) groups is 2. The number of aliphatic hydroxyl groups excluding tert-OH is 1. The van der Waals surface area contributed by atoms with Crippen molar-refractivity contribution in [1.29, 1.82) is 0 Å². The summed E-state index contributed by atoms with van der Waals surface area (Å²) in [4.78, 5) is 25.4. The third kappa shape index (κ3) is 4.93. The number of hydrogen-bond donors (Lipinski definition) is 2. The number of rotatable bonds is 3. The van der Waals surface area contributed by atoms with Crippen molar-refractivity contribution < 1.29 is 14.7 Å². The lowest BCUT2D eigenvalue weighted by Gasteiger charge is -2.18. The van der Waals surface area contributed by atoms with E-state index in [-0.39, 0.29) is 18.4 Å². The van der Waals surface area contributed by atoms with E-state index in [4.69, 9.17) is 5.11 Å². The second-order valence-electron chi connectivity index (χ2n) is 4.98. The van der Waals surface area contributed by atoms with Gasteiger partial charge in [-0.15, -0.1) is 0 Å². The minimum Gasteiger partial charge on any atom is -0.384 e. The summed E-state index contributed by atoms with van der Waals surface area (Å²) >= 11 is 0. The molecule has 2 N–H and O–H groups in total. The van der Waals surface area contributed by atoms with E-state index in [9.17, 15) is 9.59 Å². The molecule has 0 spiro atoms. The summed E-state index contributed by atoms with van der Waals surface area (Å²) in [5.74, 6) is 4.82. The largest absolute Gasteiger partial charge is 0.384 e. The van der Waals surface area contributed by atoms with Gasteiger partial charge >= 0.3 is 0 Å². The topological polar surface area (TPSA) is 69.6 Å². The molecule has 1 unspecified atom stereocenters. The maximum Gasteiger partial charge on any atom is 0.251 e. The highest BCUT2D eigenvalue weighted by Gasteiger charge is 2.18. The molecule has 5 nitrogen and oxygen atoms in total. The molecule has 0 aliphatic heterocycles. The van der Waals surface area contributed by atoms with Gasteiger partial charge in [-0.2, -0.15) is 0 Å². The summed E-state index contributed by atoms with van der Waals surface area (Å²) in [7, 11) is 3.28. The van der Waals surface area contributed by atoms with Crippen LogP contribution < -0.4 is 5.32 Å². The minimum absolute atomic E-state index is 0.170. The molecule has 0 heterocycles. The number of aliphatic hydroxyl groups is 1. The summed E-state index contributed by atoms with van der Waals surface area (Å²) in [6.45, 7) is 3.27. The highest BCUT2D eigenvalue weighted by atomic mass is 16.2. The number of nitrogens with zero attached hydrogens (tertiary/aromatic N) is 1. The fourth-order valence-electron chi connectivity index (χ4n) is 1.86. The van der Waals surface area contributed by atoms with Crippen LogP contribution in [-0.4, -0.2) is 48.6 Å². The number of carbonyl (C=O) groups excluding carboxylic acids is 2. The highest BCUT2D eigenvalue weighted by molar-refractivity contribution is 5.97. The molecule has 0 bridgehead atoms. The van der Waals surface area contributed by atoms with Crippen molar-refractivity contribution >= 4 is 11.8 Å². The summed E-state index contributed by atoms with van der Waals surface area (Å²) < 4.78 is 0. The molecule has 0 radical (unpaired) electrons. The lowest BCUT2D eigenvalue weighted by Crippen LogP contribution is -2.44. The molecule has 2 amide bonds. The summed E-state index contributed by atoms with van der Waals surface area (Å²) in [6, 6.07) is 4.60. The number of aryl methyl sites for hydroxylation is 1. The van der Waals surface area contributed by atoms with Crippen molar-refractivity contribution in [3.05, 3.63) is 34.9 Å². The van der Waals surface area contributed by atoms with Gasteiger partial charge in [0, 0.05) is 25.2 Å². The predicted molar refractivity (Wildman–Crippen MR) is 80.8 cm³/mol. The zero-order valence-electron chi connectivity index (χ0n) is 12.7. The third-order valence-electron chi connectivity index (χ3n) is 2.81. The Morgan fingerprint density at radius 2 is 2.00 bits per heavy atom. The molecular weight excluding hydrogens is 268 g/mol. The van der Waals surface area contributed by atoms with Gasteiger partial charge in [-0.05, 0) is 37.6 Å². The molecular formula is C16H20N2O3. The fourth-order valence-corrected chi connectivity index (χ4v) is 1.86. The van der Waals surface area contributed by atoms with Gasteiger partial charge in [-0.3, -0.25) is 9.59 Å². The van der Waals surface area contributed by atoms with Crippen molar-refractivity contribution in [2.24, 2.45) is 0 Å². The van der Waals surface area contributed by atoms with E-state index in [1.165, 1.54) is 4.90 Å². The zero-order chi connectivity index (χ0) is 16.0. The van der Waals surface area contributed by atoms with Crippen LogP contribution in [-0.2, 0) is 4.79 Å². The molecule has 0 saturated heterocycles. The van der Waals surface area contributed by atoms with Crippen LogP contribution in [0.5, 0.6) is 0 Å². The first-order valence-electron chi connectivity index (χ1n) is 6.58. The molecule has 1 rings (SSSR count). The molecule has 5 heteroatoms. The van der Waals surface area contributed by atoms with Gasteiger partial charge in [0.05, 0.1) is 0 Å². The van der Waals surface area contributed by atoms with Crippen LogP contribution in [0.2, 0.25) is 0 Å². The Morgan fingerprint density at radius 3 is 2.57 bits per heavy atom. The average molecular weight is 288 g/mol. The first kappa shape index (κ1) is 16.7. The van der Waals surface area contributed by atoms with E-state index in [1.807, 2.05) is 13.0 Å². The second-order valence-corrected chi connectivity index (χ2v) is 4.98. The SMILES string of the molecule is Cc1cc(C#CCO)cc(C(=O)NC(C)C(=O)N(C)C)c1. The Kier molecular flexibility index (Phi) is 5.94. The van der Waals surface area contributed by atoms with Crippen LogP contribution in [0.25, 0.3) is 0 Å². The first-order chi connectivity index (χ1) is 9.85. The van der Waals surface area contributed by atoms with Gasteiger partial charge in [0.25, 0.3) is 5.91 Å². The van der Waals surface area contributed by atoms with E-state index in [0.29, 0.717) is 11.1 Å². The monoisotopic (exact) mass is 288 g/mol. The predicted octanol–water partition coefficient (Wildman–Crippen LogP) is 0.545. The van der Waals surface area contributed by atoms with Crippen molar-refractivity contribution in [2.45, 2.75) is 19.9 Å². The summed E-state index contributed by atoms with van der Waals surface area (Å²) in [5, 5.41) is 11.4. The Bertz CT molecular complexity index is 597. The molecule has 21 heavy (non-hydrogen) atoms. The fraction of sp³-hybridized carbons (Fsp3) is 0.375. The first-order valence-corrected chi connectivity index (χ1v) is 6.58. The molecule has 0 aromatic heterocycles. The molecule has 0 aliphatic rings. The number of hydrogen-bond acceptors (Lipinski definition) is 3. The number of likely N-dealkylation sites (N-methyl/N-ethyl adjacent to an activating group) is 1. The standard InChI is InChI=1S/C16H20N2O3/c1-11-8-13(6-5-7-19)10-14(9-11)15(20)17-12(2)16(21)18(3)4/h8-10,12,19H,7H2,1-4H3,(H,17,20). The second kappa shape index (κ2) is 7.46. The van der Waals surface area contributed by atoms with Crippen LogP contribution in [0, 0.1) is 18.8 Å². The van der Waals surface area contributed by atoms with Gasteiger partial charge in [-0.25, -0.2) is 0 Å². The normalized spacial score (nSPS) is 11.1. The quantitative estimate of drug-likeness (QED) is 0.798. The van der Waals surface area contributed by atoms with Gasteiger partial charge in [0.15, 0.2) is 0 Å². The Morgan fingerprint density at radius 1 is 1.33 bits per heavy atom. The van der Waals surface area contributed by atoms with E-state index in [2.05, 4.69) is 17.2 Å². The maximum absolute atomic E-state index is 12.2. The number of amides is 2. The highest BCUT2D eigenvalue weighted by Crippen LogP contribution is 2.09. The summed E-state index contributed by atoms with van der Waals surface area (Å²) in [5.41, 5.74) is 1.98. The van der Waals surface area contributed by atoms with Gasteiger partial charge in [0.1, 0.15) is 12.6 Å². The van der Waals surface area contributed by atoms with E-state index < -0.39 is 6.04 Å². The van der Waals surface area contributed by atoms with Crippen LogP contribution in [0.15, 0.2) is 18.2 Å². The molecule has 1 aromatic rings. The van der Waals surface area contributed by atoms with Crippen LogP contribution >= 0.6 is 0 Å². The Balaban J connectivity index is 2.92. The number of benzene rings is 1. The molecule has 0 saturated carbocycles. The van der Waals surface area contributed by atoms with E-state index >= 15 is 0 Å². The summed E-state index contributed by atoms with van der Waals surface area (Å²) in [6.07, 6.45) is 0. The van der Waals surface area contributed by atoms with E-state index in [1.54, 1.807) is 33.2 Å². The third-order valence-corrected chi connectivity index (χ3v) is 2.81. The maximum atomic E-state index is 12.2. The molecule has 0 fully saturated rings. The van der Waals surface area contributed by atoms with Crippen LogP contribution in [0.4, 0.5) is 0 Å². The van der Waals surface area contributed by atoms with E-state index in [0.717, 1.165) is 5.56 Å². The Hall–Kier alpha value is -2.32. The molecule has 0 aliphatic carbocycles. The zero-order valence-corrected chi connectivity index (χ0v) is 12.7. The lowest BCUT2D eigenvalue weighted by atomic mass is 10.1. The van der Waals surface area contributed by atoms with Crippen molar-refractivity contribution in [3.63, 3.8) is 0 Å². The van der Waals surface area contributed by atoms with Crippen LogP contribution in [0.1, 0.15) is 28.4 Å². The average Bonchev–Trinajstić information content (AvgIpc) is 2.43. The molecule has 1 aromatic carbocycles.